The molecule has 0 amide bonds. The SMILES string of the molecule is CC(C)(O)C(C)(C)OBc1ccc(N(c2ccccc2)c2ccc3ccc4ccc5ccccc5c4c3c2)cc1. The van der Waals surface area contributed by atoms with Crippen molar-refractivity contribution in [2.45, 2.75) is 38.9 Å². The second-order valence-electron chi connectivity index (χ2n) is 11.6. The summed E-state index contributed by atoms with van der Waals surface area (Å²) in [4.78, 5) is 2.30. The molecule has 198 valence electrons. The third-order valence-corrected chi connectivity index (χ3v) is 8.25. The number of benzene rings is 6. The minimum atomic E-state index is -0.942. The van der Waals surface area contributed by atoms with Crippen LogP contribution in [-0.2, 0) is 4.65 Å². The molecular formula is C36H34BNO2. The van der Waals surface area contributed by atoms with E-state index in [1.807, 2.05) is 19.9 Å². The van der Waals surface area contributed by atoms with Gasteiger partial charge in [0.2, 0.25) is 0 Å². The van der Waals surface area contributed by atoms with Crippen molar-refractivity contribution in [2.75, 3.05) is 4.90 Å². The van der Waals surface area contributed by atoms with Crippen LogP contribution in [0, 0.1) is 0 Å². The van der Waals surface area contributed by atoms with E-state index in [-0.39, 0.29) is 0 Å². The van der Waals surface area contributed by atoms with Gasteiger partial charge in [-0.1, -0.05) is 90.4 Å². The maximum Gasteiger partial charge on any atom is 0.309 e. The lowest BCUT2D eigenvalue weighted by Crippen LogP contribution is -2.49. The van der Waals surface area contributed by atoms with Crippen LogP contribution in [0.3, 0.4) is 0 Å². The van der Waals surface area contributed by atoms with Crippen LogP contribution in [0.1, 0.15) is 27.7 Å². The summed E-state index contributed by atoms with van der Waals surface area (Å²) in [5.41, 5.74) is 2.72. The predicted molar refractivity (Wildman–Crippen MR) is 172 cm³/mol. The summed E-state index contributed by atoms with van der Waals surface area (Å²) < 4.78 is 6.11. The minimum Gasteiger partial charge on any atom is -0.427 e. The van der Waals surface area contributed by atoms with E-state index in [1.165, 1.54) is 32.3 Å². The molecule has 6 rings (SSSR count). The third-order valence-electron chi connectivity index (χ3n) is 8.25. The fourth-order valence-electron chi connectivity index (χ4n) is 5.16. The van der Waals surface area contributed by atoms with E-state index in [2.05, 4.69) is 120 Å². The average molecular weight is 523 g/mol. The fourth-order valence-corrected chi connectivity index (χ4v) is 5.16. The van der Waals surface area contributed by atoms with Crippen LogP contribution in [0.15, 0.2) is 121 Å². The zero-order chi connectivity index (χ0) is 27.9. The number of aliphatic hydroxyl groups is 1. The Hall–Kier alpha value is -4.12. The summed E-state index contributed by atoms with van der Waals surface area (Å²) in [7, 11) is 0.428. The van der Waals surface area contributed by atoms with Crippen LogP contribution in [-0.4, -0.2) is 23.8 Å². The van der Waals surface area contributed by atoms with Gasteiger partial charge in [0.15, 0.2) is 0 Å². The first-order valence-corrected chi connectivity index (χ1v) is 13.9. The second-order valence-corrected chi connectivity index (χ2v) is 11.6. The number of hydrogen-bond acceptors (Lipinski definition) is 3. The van der Waals surface area contributed by atoms with Crippen molar-refractivity contribution in [3.8, 4) is 0 Å². The molecule has 4 heteroatoms. The highest BCUT2D eigenvalue weighted by molar-refractivity contribution is 6.47. The Balaban J connectivity index is 1.44. The van der Waals surface area contributed by atoms with Gasteiger partial charge in [-0.05, 0) is 96.4 Å². The molecule has 0 unspecified atom stereocenters. The maximum atomic E-state index is 10.5. The number of anilines is 3. The summed E-state index contributed by atoms with van der Waals surface area (Å²) in [6, 6.07) is 43.2. The standard InChI is InChI=1S/C36H34BNO2/c1-35(2,39)36(3,4)40-37-28-19-22-30(23-20-28)38(29-11-6-5-7-12-29)31-21-18-26-15-17-27-16-14-25-10-8-9-13-32(25)34(27)33(26)24-31/h5-24,37,39H,1-4H3. The molecule has 0 bridgehead atoms. The van der Waals surface area contributed by atoms with E-state index in [0.29, 0.717) is 7.48 Å². The molecule has 0 spiro atoms. The quantitative estimate of drug-likeness (QED) is 0.169. The highest BCUT2D eigenvalue weighted by Gasteiger charge is 2.35. The van der Waals surface area contributed by atoms with Crippen LogP contribution in [0.5, 0.6) is 0 Å². The lowest BCUT2D eigenvalue weighted by Gasteiger charge is -2.37. The first-order valence-electron chi connectivity index (χ1n) is 13.9. The van der Waals surface area contributed by atoms with Gasteiger partial charge >= 0.3 is 7.48 Å². The first kappa shape index (κ1) is 26.1. The summed E-state index contributed by atoms with van der Waals surface area (Å²) in [5.74, 6) is 0. The summed E-state index contributed by atoms with van der Waals surface area (Å²) in [5, 5.41) is 18.0. The highest BCUT2D eigenvalue weighted by Crippen LogP contribution is 2.39. The second kappa shape index (κ2) is 10.1. The van der Waals surface area contributed by atoms with Crippen molar-refractivity contribution in [1.82, 2.24) is 0 Å². The van der Waals surface area contributed by atoms with Crippen LogP contribution in [0.4, 0.5) is 17.1 Å². The smallest absolute Gasteiger partial charge is 0.309 e. The fraction of sp³-hybridized carbons (Fsp3) is 0.167. The summed E-state index contributed by atoms with van der Waals surface area (Å²) in [6.45, 7) is 7.41. The lowest BCUT2D eigenvalue weighted by molar-refractivity contribution is -0.0893. The van der Waals surface area contributed by atoms with Crippen molar-refractivity contribution in [1.29, 1.82) is 0 Å². The Bertz CT molecular complexity index is 1800. The van der Waals surface area contributed by atoms with Crippen molar-refractivity contribution in [2.24, 2.45) is 0 Å². The molecule has 3 nitrogen and oxygen atoms in total. The number of nitrogens with zero attached hydrogens (tertiary/aromatic N) is 1. The molecule has 0 aliphatic carbocycles. The van der Waals surface area contributed by atoms with Gasteiger partial charge in [-0.3, -0.25) is 0 Å². The van der Waals surface area contributed by atoms with Crippen molar-refractivity contribution in [3.63, 3.8) is 0 Å². The Morgan fingerprint density at radius 1 is 0.575 bits per heavy atom. The van der Waals surface area contributed by atoms with Gasteiger partial charge in [0.05, 0.1) is 11.2 Å². The molecule has 0 radical (unpaired) electrons. The van der Waals surface area contributed by atoms with E-state index >= 15 is 0 Å². The molecule has 0 atom stereocenters. The molecule has 0 saturated carbocycles. The van der Waals surface area contributed by atoms with Gasteiger partial charge in [-0.2, -0.15) is 0 Å². The van der Waals surface area contributed by atoms with Gasteiger partial charge in [0.1, 0.15) is 0 Å². The van der Waals surface area contributed by atoms with Crippen LogP contribution < -0.4 is 10.4 Å². The van der Waals surface area contributed by atoms with Crippen molar-refractivity contribution in [3.05, 3.63) is 121 Å². The average Bonchev–Trinajstić information content (AvgIpc) is 2.96. The van der Waals surface area contributed by atoms with Gasteiger partial charge < -0.3 is 14.7 Å². The number of para-hydroxylation sites is 1. The van der Waals surface area contributed by atoms with E-state index in [9.17, 15) is 5.11 Å². The number of hydrogen-bond donors (Lipinski definition) is 1. The zero-order valence-corrected chi connectivity index (χ0v) is 23.6. The first-order chi connectivity index (χ1) is 19.2. The molecule has 0 aliphatic rings. The van der Waals surface area contributed by atoms with Gasteiger partial charge in [-0.25, -0.2) is 0 Å². The molecule has 6 aromatic rings. The minimum absolute atomic E-state index is 0.428. The van der Waals surface area contributed by atoms with Gasteiger partial charge in [0.25, 0.3) is 0 Å². The van der Waals surface area contributed by atoms with Crippen molar-refractivity contribution >= 4 is 62.3 Å². The Labute approximate surface area is 236 Å². The molecule has 1 N–H and O–H groups in total. The van der Waals surface area contributed by atoms with E-state index < -0.39 is 11.2 Å². The largest absolute Gasteiger partial charge is 0.427 e. The third kappa shape index (κ3) is 4.85. The molecule has 0 aliphatic heterocycles. The lowest BCUT2D eigenvalue weighted by atomic mass is 9.82. The van der Waals surface area contributed by atoms with Gasteiger partial charge in [0, 0.05) is 17.1 Å². The highest BCUT2D eigenvalue weighted by atomic mass is 16.5. The van der Waals surface area contributed by atoms with E-state index in [0.717, 1.165) is 22.5 Å². The molecule has 6 aromatic carbocycles. The molecule has 0 fully saturated rings. The zero-order valence-electron chi connectivity index (χ0n) is 23.6. The van der Waals surface area contributed by atoms with Crippen LogP contribution in [0.2, 0.25) is 0 Å². The van der Waals surface area contributed by atoms with Crippen molar-refractivity contribution < 1.29 is 9.76 Å². The molecule has 0 aromatic heterocycles. The molecule has 0 saturated heterocycles. The summed E-state index contributed by atoms with van der Waals surface area (Å²) in [6.07, 6.45) is 0. The summed E-state index contributed by atoms with van der Waals surface area (Å²) >= 11 is 0. The Kier molecular flexibility index (Phi) is 6.62. The topological polar surface area (TPSA) is 32.7 Å². The monoisotopic (exact) mass is 523 g/mol. The maximum absolute atomic E-state index is 10.5. The Morgan fingerprint density at radius 2 is 1.12 bits per heavy atom. The van der Waals surface area contributed by atoms with E-state index in [1.54, 1.807) is 13.8 Å². The Morgan fingerprint density at radius 3 is 1.82 bits per heavy atom. The molecule has 40 heavy (non-hydrogen) atoms. The number of rotatable bonds is 7. The molecular weight excluding hydrogens is 489 g/mol. The predicted octanol–water partition coefficient (Wildman–Crippen LogP) is 8.16. The van der Waals surface area contributed by atoms with Crippen LogP contribution in [0.25, 0.3) is 32.3 Å². The number of fused-ring (bicyclic) bond motifs is 5. The molecule has 0 heterocycles. The van der Waals surface area contributed by atoms with E-state index in [4.69, 9.17) is 4.65 Å². The van der Waals surface area contributed by atoms with Crippen LogP contribution >= 0.6 is 0 Å². The normalized spacial score (nSPS) is 12.2. The van der Waals surface area contributed by atoms with Gasteiger partial charge in [-0.15, -0.1) is 0 Å².